The molecule has 168 valence electrons. The van der Waals surface area contributed by atoms with Crippen molar-refractivity contribution in [2.24, 2.45) is 0 Å². The first-order valence-electron chi connectivity index (χ1n) is 10.3. The van der Waals surface area contributed by atoms with Gasteiger partial charge in [-0.1, -0.05) is 25.1 Å². The number of para-hydroxylation sites is 1. The Morgan fingerprint density at radius 2 is 2.00 bits per heavy atom. The van der Waals surface area contributed by atoms with E-state index in [4.69, 9.17) is 9.15 Å². The Bertz CT molecular complexity index is 1350. The van der Waals surface area contributed by atoms with E-state index in [0.29, 0.717) is 36.2 Å². The van der Waals surface area contributed by atoms with Gasteiger partial charge in [-0.05, 0) is 48.2 Å². The van der Waals surface area contributed by atoms with Gasteiger partial charge in [0.1, 0.15) is 5.56 Å². The molecule has 0 bridgehead atoms. The number of carbonyl (C=O) groups excluding carboxylic acids is 1. The lowest BCUT2D eigenvalue weighted by Crippen LogP contribution is -2.37. The molecule has 0 atom stereocenters. The summed E-state index contributed by atoms with van der Waals surface area (Å²) in [5.74, 6) is -0.0834. The maximum absolute atomic E-state index is 12.8. The van der Waals surface area contributed by atoms with Crippen LogP contribution in [0.1, 0.15) is 34.8 Å². The third-order valence-electron chi connectivity index (χ3n) is 5.49. The molecule has 0 fully saturated rings. The minimum absolute atomic E-state index is 0.112. The summed E-state index contributed by atoms with van der Waals surface area (Å²) in [6, 6.07) is 12.0. The molecule has 0 aliphatic carbocycles. The van der Waals surface area contributed by atoms with Gasteiger partial charge in [0.25, 0.3) is 5.91 Å². The van der Waals surface area contributed by atoms with Crippen LogP contribution in [0.3, 0.4) is 0 Å². The molecule has 32 heavy (non-hydrogen) atoms. The monoisotopic (exact) mass is 456 g/mol. The van der Waals surface area contributed by atoms with Crippen LogP contribution in [0.4, 0.5) is 5.69 Å². The number of ether oxygens (including phenoxy) is 1. The molecule has 0 saturated heterocycles. The lowest BCUT2D eigenvalue weighted by molar-refractivity contribution is 0.102. The maximum atomic E-state index is 12.8. The first-order valence-corrected chi connectivity index (χ1v) is 11.9. The number of benzene rings is 2. The number of sulfonamides is 1. The predicted molar refractivity (Wildman–Crippen MR) is 122 cm³/mol. The number of carbonyl (C=O) groups is 1. The van der Waals surface area contributed by atoms with Gasteiger partial charge in [0, 0.05) is 24.2 Å². The van der Waals surface area contributed by atoms with E-state index in [2.05, 4.69) is 5.32 Å². The average Bonchev–Trinajstić information content (AvgIpc) is 2.77. The Balaban J connectivity index is 1.59. The molecule has 3 aromatic rings. The summed E-state index contributed by atoms with van der Waals surface area (Å²) >= 11 is 0. The average molecular weight is 457 g/mol. The zero-order chi connectivity index (χ0) is 22.9. The zero-order valence-corrected chi connectivity index (χ0v) is 18.7. The quantitative estimate of drug-likeness (QED) is 0.571. The highest BCUT2D eigenvalue weighted by atomic mass is 32.2. The van der Waals surface area contributed by atoms with Crippen LogP contribution in [0.2, 0.25) is 0 Å². The second kappa shape index (κ2) is 8.76. The van der Waals surface area contributed by atoms with Crippen molar-refractivity contribution in [2.75, 3.05) is 24.7 Å². The van der Waals surface area contributed by atoms with Crippen LogP contribution in [0.25, 0.3) is 11.0 Å². The van der Waals surface area contributed by atoms with Gasteiger partial charge in [-0.15, -0.1) is 0 Å². The van der Waals surface area contributed by atoms with Gasteiger partial charge in [0.05, 0.1) is 12.9 Å². The van der Waals surface area contributed by atoms with Gasteiger partial charge >= 0.3 is 5.63 Å². The van der Waals surface area contributed by atoms with Crippen LogP contribution in [0, 0.1) is 0 Å². The molecule has 2 heterocycles. The number of methoxy groups -OCH3 is 1. The molecule has 1 aliphatic rings. The summed E-state index contributed by atoms with van der Waals surface area (Å²) < 4.78 is 36.9. The van der Waals surface area contributed by atoms with Gasteiger partial charge < -0.3 is 14.5 Å². The second-order valence-corrected chi connectivity index (χ2v) is 9.75. The summed E-state index contributed by atoms with van der Waals surface area (Å²) in [6.45, 7) is 2.55. The number of anilines is 1. The van der Waals surface area contributed by atoms with Gasteiger partial charge in [0.15, 0.2) is 11.3 Å². The van der Waals surface area contributed by atoms with E-state index in [1.165, 1.54) is 17.5 Å². The number of hydrogen-bond acceptors (Lipinski definition) is 6. The highest BCUT2D eigenvalue weighted by molar-refractivity contribution is 7.89. The van der Waals surface area contributed by atoms with E-state index in [1.807, 2.05) is 13.0 Å². The van der Waals surface area contributed by atoms with Crippen molar-refractivity contribution in [1.29, 1.82) is 0 Å². The predicted octanol–water partition coefficient (Wildman–Crippen LogP) is 3.15. The SMILES string of the molecule is CCCS(=O)(=O)N1CCc2ccc(NC(=O)c3cc4cccc(OC)c4oc3=O)cc2C1. The fourth-order valence-corrected chi connectivity index (χ4v) is 5.35. The van der Waals surface area contributed by atoms with Crippen LogP contribution in [0.5, 0.6) is 5.75 Å². The molecule has 1 aromatic heterocycles. The van der Waals surface area contributed by atoms with Crippen molar-refractivity contribution >= 4 is 32.6 Å². The Morgan fingerprint density at radius 3 is 2.75 bits per heavy atom. The van der Waals surface area contributed by atoms with E-state index in [1.54, 1.807) is 30.3 Å². The minimum atomic E-state index is -3.31. The Morgan fingerprint density at radius 1 is 1.19 bits per heavy atom. The lowest BCUT2D eigenvalue weighted by atomic mass is 10.0. The minimum Gasteiger partial charge on any atom is -0.493 e. The van der Waals surface area contributed by atoms with E-state index in [0.717, 1.165) is 11.1 Å². The molecule has 0 unspecified atom stereocenters. The standard InChI is InChI=1S/C23H24N2O6S/c1-3-11-32(28,29)25-10-9-15-7-8-18(12-17(15)14-25)24-22(26)19-13-16-5-4-6-20(30-2)21(16)31-23(19)27/h4-8,12-13H,3,9-11,14H2,1-2H3,(H,24,26). The first kappa shape index (κ1) is 22.0. The first-order chi connectivity index (χ1) is 15.3. The van der Waals surface area contributed by atoms with Crippen LogP contribution in [-0.2, 0) is 23.0 Å². The molecule has 0 saturated carbocycles. The third-order valence-corrected chi connectivity index (χ3v) is 7.51. The van der Waals surface area contributed by atoms with Crippen LogP contribution in [-0.4, -0.2) is 38.0 Å². The number of nitrogens with zero attached hydrogens (tertiary/aromatic N) is 1. The summed E-state index contributed by atoms with van der Waals surface area (Å²) in [5, 5.41) is 3.29. The number of amides is 1. The summed E-state index contributed by atoms with van der Waals surface area (Å²) in [7, 11) is -1.83. The Kier molecular flexibility index (Phi) is 6.03. The molecule has 4 rings (SSSR count). The third kappa shape index (κ3) is 4.26. The highest BCUT2D eigenvalue weighted by Crippen LogP contribution is 2.26. The molecule has 1 aliphatic heterocycles. The molecule has 1 amide bonds. The zero-order valence-electron chi connectivity index (χ0n) is 17.9. The van der Waals surface area contributed by atoms with Crippen LogP contribution < -0.4 is 15.7 Å². The van der Waals surface area contributed by atoms with Crippen molar-refractivity contribution in [1.82, 2.24) is 4.31 Å². The normalized spacial score (nSPS) is 14.2. The van der Waals surface area contributed by atoms with E-state index < -0.39 is 21.6 Å². The maximum Gasteiger partial charge on any atom is 0.349 e. The Labute approximate surface area is 185 Å². The van der Waals surface area contributed by atoms with Crippen LogP contribution >= 0.6 is 0 Å². The van der Waals surface area contributed by atoms with E-state index in [-0.39, 0.29) is 23.4 Å². The summed E-state index contributed by atoms with van der Waals surface area (Å²) in [6.07, 6.45) is 1.17. The van der Waals surface area contributed by atoms with Gasteiger partial charge in [-0.25, -0.2) is 13.2 Å². The number of fused-ring (bicyclic) bond motifs is 2. The van der Waals surface area contributed by atoms with Gasteiger partial charge in [-0.2, -0.15) is 4.31 Å². The second-order valence-electron chi connectivity index (χ2n) is 7.66. The Hall–Kier alpha value is -3.17. The van der Waals surface area contributed by atoms with Crippen molar-refractivity contribution < 1.29 is 22.4 Å². The fraction of sp³-hybridized carbons (Fsp3) is 0.304. The van der Waals surface area contributed by atoms with Crippen molar-refractivity contribution in [2.45, 2.75) is 26.3 Å². The van der Waals surface area contributed by atoms with Gasteiger partial charge in [-0.3, -0.25) is 4.79 Å². The molecule has 0 spiro atoms. The van der Waals surface area contributed by atoms with E-state index >= 15 is 0 Å². The number of nitrogens with one attached hydrogen (secondary N) is 1. The van der Waals surface area contributed by atoms with E-state index in [9.17, 15) is 18.0 Å². The molecular weight excluding hydrogens is 432 g/mol. The topological polar surface area (TPSA) is 106 Å². The molecule has 0 radical (unpaired) electrons. The summed E-state index contributed by atoms with van der Waals surface area (Å²) in [5.41, 5.74) is 1.74. The highest BCUT2D eigenvalue weighted by Gasteiger charge is 2.26. The smallest absolute Gasteiger partial charge is 0.349 e. The van der Waals surface area contributed by atoms with Crippen LogP contribution in [0.15, 0.2) is 51.7 Å². The number of rotatable bonds is 6. The lowest BCUT2D eigenvalue weighted by Gasteiger charge is -2.28. The summed E-state index contributed by atoms with van der Waals surface area (Å²) in [4.78, 5) is 25.2. The van der Waals surface area contributed by atoms with Crippen molar-refractivity contribution in [3.8, 4) is 5.75 Å². The molecule has 1 N–H and O–H groups in total. The van der Waals surface area contributed by atoms with Crippen molar-refractivity contribution in [3.63, 3.8) is 0 Å². The van der Waals surface area contributed by atoms with Gasteiger partial charge in [0.2, 0.25) is 10.0 Å². The largest absolute Gasteiger partial charge is 0.493 e. The fourth-order valence-electron chi connectivity index (χ4n) is 3.87. The molecular formula is C23H24N2O6S. The molecule has 2 aromatic carbocycles. The van der Waals surface area contributed by atoms with Crippen molar-refractivity contribution in [3.05, 3.63) is 69.6 Å². The molecule has 9 heteroatoms. The number of hydrogen-bond donors (Lipinski definition) is 1. The molecule has 8 nitrogen and oxygen atoms in total.